The Labute approximate surface area is 105 Å². The molecule has 5 heteroatoms. The zero-order chi connectivity index (χ0) is 13.0. The Hall–Kier alpha value is -1.91. The second-order valence-electron chi connectivity index (χ2n) is 4.20. The third-order valence-electron chi connectivity index (χ3n) is 2.76. The third-order valence-corrected chi connectivity index (χ3v) is 2.76. The van der Waals surface area contributed by atoms with Gasteiger partial charge in [0.25, 0.3) is 0 Å². The average molecular weight is 248 g/mol. The maximum absolute atomic E-state index is 13.8. The summed E-state index contributed by atoms with van der Waals surface area (Å²) in [5.41, 5.74) is 6.15. The van der Waals surface area contributed by atoms with E-state index in [1.54, 1.807) is 12.1 Å². The summed E-state index contributed by atoms with van der Waals surface area (Å²) in [4.78, 5) is 8.10. The van der Waals surface area contributed by atoms with Gasteiger partial charge in [-0.3, -0.25) is 0 Å². The molecule has 0 unspecified atom stereocenters. The Morgan fingerprint density at radius 3 is 2.89 bits per heavy atom. The molecule has 2 aromatic rings. The van der Waals surface area contributed by atoms with Crippen LogP contribution in [0.4, 0.5) is 16.2 Å². The molecule has 18 heavy (non-hydrogen) atoms. The van der Waals surface area contributed by atoms with E-state index >= 15 is 0 Å². The predicted molar refractivity (Wildman–Crippen MR) is 71.9 cm³/mol. The lowest BCUT2D eigenvalue weighted by atomic mass is 10.2. The predicted octanol–water partition coefficient (Wildman–Crippen LogP) is 2.95. The number of rotatable bonds is 5. The number of unbranched alkanes of at least 4 members (excludes halogenated alkanes) is 2. The standard InChI is InChI=1S/C13H17FN4/c1-2-3-4-8-16-12-11-9(14)6-5-7-10(11)17-13(15)18-12/h5-7H,2-4,8H2,1H3,(H3,15,16,17,18). The third kappa shape index (κ3) is 2.67. The van der Waals surface area contributed by atoms with Crippen LogP contribution in [0.5, 0.6) is 0 Å². The van der Waals surface area contributed by atoms with Crippen molar-refractivity contribution in [2.45, 2.75) is 26.2 Å². The van der Waals surface area contributed by atoms with Gasteiger partial charge in [-0.1, -0.05) is 25.8 Å². The van der Waals surface area contributed by atoms with E-state index in [2.05, 4.69) is 22.2 Å². The fourth-order valence-corrected chi connectivity index (χ4v) is 1.87. The lowest BCUT2D eigenvalue weighted by Crippen LogP contribution is -2.07. The molecule has 0 saturated carbocycles. The van der Waals surface area contributed by atoms with Crippen LogP contribution in [0.25, 0.3) is 10.9 Å². The van der Waals surface area contributed by atoms with Gasteiger partial charge in [-0.05, 0) is 18.6 Å². The highest BCUT2D eigenvalue weighted by molar-refractivity contribution is 5.90. The smallest absolute Gasteiger partial charge is 0.222 e. The molecule has 0 aliphatic rings. The maximum atomic E-state index is 13.8. The number of anilines is 2. The number of benzene rings is 1. The van der Waals surface area contributed by atoms with Crippen LogP contribution in [0.1, 0.15) is 26.2 Å². The van der Waals surface area contributed by atoms with Gasteiger partial charge >= 0.3 is 0 Å². The highest BCUT2D eigenvalue weighted by atomic mass is 19.1. The van der Waals surface area contributed by atoms with E-state index < -0.39 is 0 Å². The summed E-state index contributed by atoms with van der Waals surface area (Å²) in [6.07, 6.45) is 3.30. The van der Waals surface area contributed by atoms with Crippen molar-refractivity contribution < 1.29 is 4.39 Å². The van der Waals surface area contributed by atoms with Crippen LogP contribution < -0.4 is 11.1 Å². The summed E-state index contributed by atoms with van der Waals surface area (Å²) in [5.74, 6) is 0.309. The first-order valence-electron chi connectivity index (χ1n) is 6.18. The average Bonchev–Trinajstić information content (AvgIpc) is 2.34. The van der Waals surface area contributed by atoms with Crippen LogP contribution in [-0.2, 0) is 0 Å². The van der Waals surface area contributed by atoms with E-state index in [-0.39, 0.29) is 11.8 Å². The van der Waals surface area contributed by atoms with Gasteiger partial charge in [0, 0.05) is 6.54 Å². The molecule has 0 aliphatic carbocycles. The molecule has 0 spiro atoms. The molecule has 0 bridgehead atoms. The van der Waals surface area contributed by atoms with Gasteiger partial charge in [0.2, 0.25) is 5.95 Å². The zero-order valence-electron chi connectivity index (χ0n) is 10.4. The summed E-state index contributed by atoms with van der Waals surface area (Å²) in [6.45, 7) is 2.89. The first kappa shape index (κ1) is 12.5. The molecule has 2 rings (SSSR count). The number of aromatic nitrogens is 2. The number of hydrogen-bond acceptors (Lipinski definition) is 4. The number of nitrogens with zero attached hydrogens (tertiary/aromatic N) is 2. The van der Waals surface area contributed by atoms with Crippen LogP contribution in [-0.4, -0.2) is 16.5 Å². The van der Waals surface area contributed by atoms with Gasteiger partial charge in [-0.25, -0.2) is 9.37 Å². The quantitative estimate of drug-likeness (QED) is 0.798. The maximum Gasteiger partial charge on any atom is 0.222 e. The van der Waals surface area contributed by atoms with Crippen molar-refractivity contribution in [3.05, 3.63) is 24.0 Å². The Kier molecular flexibility index (Phi) is 3.92. The largest absolute Gasteiger partial charge is 0.369 e. The van der Waals surface area contributed by atoms with E-state index in [1.165, 1.54) is 6.07 Å². The number of nitrogens with two attached hydrogens (primary N) is 1. The molecule has 0 saturated heterocycles. The van der Waals surface area contributed by atoms with Crippen molar-refractivity contribution in [3.63, 3.8) is 0 Å². The van der Waals surface area contributed by atoms with Crippen LogP contribution in [0, 0.1) is 5.82 Å². The molecular formula is C13H17FN4. The molecule has 3 N–H and O–H groups in total. The molecule has 0 fully saturated rings. The summed E-state index contributed by atoms with van der Waals surface area (Å²) in [7, 11) is 0. The lowest BCUT2D eigenvalue weighted by molar-refractivity contribution is 0.639. The highest BCUT2D eigenvalue weighted by Crippen LogP contribution is 2.24. The van der Waals surface area contributed by atoms with Gasteiger partial charge in [0.15, 0.2) is 0 Å². The summed E-state index contributed by atoms with van der Waals surface area (Å²) in [6, 6.07) is 4.75. The Morgan fingerprint density at radius 2 is 2.11 bits per heavy atom. The molecule has 0 aliphatic heterocycles. The van der Waals surface area contributed by atoms with Gasteiger partial charge in [0.1, 0.15) is 11.6 Å². The lowest BCUT2D eigenvalue weighted by Gasteiger charge is -2.09. The number of nitrogen functional groups attached to an aromatic ring is 1. The monoisotopic (exact) mass is 248 g/mol. The Bertz CT molecular complexity index is 542. The summed E-state index contributed by atoms with van der Waals surface area (Å²) < 4.78 is 13.8. The van der Waals surface area contributed by atoms with Crippen LogP contribution in [0.2, 0.25) is 0 Å². The molecule has 0 amide bonds. The van der Waals surface area contributed by atoms with E-state index in [9.17, 15) is 4.39 Å². The molecular weight excluding hydrogens is 231 g/mol. The highest BCUT2D eigenvalue weighted by Gasteiger charge is 2.09. The van der Waals surface area contributed by atoms with Crippen LogP contribution >= 0.6 is 0 Å². The SMILES string of the molecule is CCCCCNc1nc(N)nc2cccc(F)c12. The summed E-state index contributed by atoms with van der Waals surface area (Å²) >= 11 is 0. The Morgan fingerprint density at radius 1 is 1.28 bits per heavy atom. The number of fused-ring (bicyclic) bond motifs is 1. The van der Waals surface area contributed by atoms with Crippen molar-refractivity contribution >= 4 is 22.7 Å². The molecule has 96 valence electrons. The van der Waals surface area contributed by atoms with Gasteiger partial charge in [-0.15, -0.1) is 0 Å². The molecule has 4 nitrogen and oxygen atoms in total. The van der Waals surface area contributed by atoms with E-state index in [4.69, 9.17) is 5.73 Å². The van der Waals surface area contributed by atoms with Crippen molar-refractivity contribution in [2.75, 3.05) is 17.6 Å². The molecule has 1 heterocycles. The van der Waals surface area contributed by atoms with E-state index in [1.807, 2.05) is 0 Å². The topological polar surface area (TPSA) is 63.8 Å². The summed E-state index contributed by atoms with van der Waals surface area (Å²) in [5, 5.41) is 3.54. The number of nitrogens with one attached hydrogen (secondary N) is 1. The van der Waals surface area contributed by atoms with Gasteiger partial charge < -0.3 is 11.1 Å². The number of halogens is 1. The second-order valence-corrected chi connectivity index (χ2v) is 4.20. The van der Waals surface area contributed by atoms with Crippen molar-refractivity contribution in [3.8, 4) is 0 Å². The first-order valence-corrected chi connectivity index (χ1v) is 6.18. The molecule has 0 radical (unpaired) electrons. The number of hydrogen-bond donors (Lipinski definition) is 2. The Balaban J connectivity index is 2.30. The van der Waals surface area contributed by atoms with E-state index in [0.717, 1.165) is 25.8 Å². The molecule has 1 aromatic heterocycles. The normalized spacial score (nSPS) is 10.8. The zero-order valence-corrected chi connectivity index (χ0v) is 10.4. The fraction of sp³-hybridized carbons (Fsp3) is 0.385. The van der Waals surface area contributed by atoms with E-state index in [0.29, 0.717) is 16.7 Å². The fourth-order valence-electron chi connectivity index (χ4n) is 1.87. The minimum Gasteiger partial charge on any atom is -0.369 e. The minimum atomic E-state index is -0.328. The van der Waals surface area contributed by atoms with Crippen molar-refractivity contribution in [1.82, 2.24) is 9.97 Å². The van der Waals surface area contributed by atoms with Crippen LogP contribution in [0.15, 0.2) is 18.2 Å². The molecule has 1 aromatic carbocycles. The minimum absolute atomic E-state index is 0.158. The van der Waals surface area contributed by atoms with Gasteiger partial charge in [-0.2, -0.15) is 4.98 Å². The van der Waals surface area contributed by atoms with Crippen molar-refractivity contribution in [1.29, 1.82) is 0 Å². The first-order chi connectivity index (χ1) is 8.72. The van der Waals surface area contributed by atoms with Crippen molar-refractivity contribution in [2.24, 2.45) is 0 Å². The van der Waals surface area contributed by atoms with Crippen LogP contribution in [0.3, 0.4) is 0 Å². The molecule has 0 atom stereocenters. The van der Waals surface area contributed by atoms with Gasteiger partial charge in [0.05, 0.1) is 10.9 Å². The second kappa shape index (κ2) is 5.62.